The van der Waals surface area contributed by atoms with Crippen molar-refractivity contribution in [3.8, 4) is 65.6 Å². The lowest BCUT2D eigenvalue weighted by Gasteiger charge is -2.30. The van der Waals surface area contributed by atoms with Crippen molar-refractivity contribution >= 4 is 43.1 Å². The summed E-state index contributed by atoms with van der Waals surface area (Å²) in [7, 11) is 0. The van der Waals surface area contributed by atoms with E-state index in [-0.39, 0.29) is 5.41 Å². The average molecular weight is 735 g/mol. The van der Waals surface area contributed by atoms with Crippen molar-refractivity contribution in [2.75, 3.05) is 0 Å². The van der Waals surface area contributed by atoms with E-state index < -0.39 is 0 Å². The Morgan fingerprint density at radius 2 is 0.727 bits per heavy atom. The molecular formula is C51H30N2S2. The van der Waals surface area contributed by atoms with E-state index in [1.54, 1.807) is 22.7 Å². The average Bonchev–Trinajstić information content (AvgIpc) is 4.02. The molecule has 2 aliphatic carbocycles. The fourth-order valence-electron chi connectivity index (χ4n) is 9.19. The van der Waals surface area contributed by atoms with Gasteiger partial charge in [-0.3, -0.25) is 0 Å². The van der Waals surface area contributed by atoms with Gasteiger partial charge in [-0.2, -0.15) is 0 Å². The van der Waals surface area contributed by atoms with Gasteiger partial charge in [-0.25, -0.2) is 9.97 Å². The number of benzene rings is 8. The number of aromatic nitrogens is 2. The topological polar surface area (TPSA) is 25.8 Å². The number of rotatable bonds is 4. The van der Waals surface area contributed by atoms with Gasteiger partial charge in [0.25, 0.3) is 0 Å². The molecule has 0 N–H and O–H groups in total. The molecule has 0 atom stereocenters. The fourth-order valence-corrected chi connectivity index (χ4v) is 11.1. The highest BCUT2D eigenvalue weighted by atomic mass is 32.1. The molecule has 0 unspecified atom stereocenters. The molecule has 0 bridgehead atoms. The minimum atomic E-state index is -0.371. The van der Waals surface area contributed by atoms with Crippen molar-refractivity contribution < 1.29 is 0 Å². The van der Waals surface area contributed by atoms with E-state index in [1.165, 1.54) is 65.0 Å². The van der Waals surface area contributed by atoms with Crippen LogP contribution in [0.25, 0.3) is 86.1 Å². The number of nitrogens with zero attached hydrogens (tertiary/aromatic N) is 2. The molecular weight excluding hydrogens is 705 g/mol. The summed E-state index contributed by atoms with van der Waals surface area (Å²) >= 11 is 3.48. The van der Waals surface area contributed by atoms with Crippen LogP contribution in [-0.4, -0.2) is 9.97 Å². The van der Waals surface area contributed by atoms with E-state index in [0.717, 1.165) is 43.3 Å². The molecule has 2 aliphatic rings. The highest BCUT2D eigenvalue weighted by Gasteiger charge is 2.51. The highest BCUT2D eigenvalue weighted by molar-refractivity contribution is 7.22. The van der Waals surface area contributed by atoms with Gasteiger partial charge in [0.2, 0.25) is 0 Å². The third-order valence-corrected chi connectivity index (χ3v) is 13.7. The quantitative estimate of drug-likeness (QED) is 0.180. The number of para-hydroxylation sites is 2. The smallest absolute Gasteiger partial charge is 0.124 e. The summed E-state index contributed by atoms with van der Waals surface area (Å²) in [5.74, 6) is 0. The molecule has 2 aromatic heterocycles. The molecule has 0 aliphatic heterocycles. The second-order valence-electron chi connectivity index (χ2n) is 14.5. The summed E-state index contributed by atoms with van der Waals surface area (Å²) in [4.78, 5) is 10.2. The molecule has 256 valence electrons. The lowest BCUT2D eigenvalue weighted by molar-refractivity contribution is 0.794. The van der Waals surface area contributed by atoms with Gasteiger partial charge in [-0.05, 0) is 121 Å². The first kappa shape index (κ1) is 30.9. The van der Waals surface area contributed by atoms with Gasteiger partial charge in [0, 0.05) is 11.1 Å². The summed E-state index contributed by atoms with van der Waals surface area (Å²) in [6.45, 7) is 0. The lowest BCUT2D eigenvalue weighted by atomic mass is 9.70. The number of hydrogen-bond acceptors (Lipinski definition) is 4. The Balaban J connectivity index is 1.03. The summed E-state index contributed by atoms with van der Waals surface area (Å²) in [6.07, 6.45) is 0. The van der Waals surface area contributed by atoms with Crippen LogP contribution in [0.3, 0.4) is 0 Å². The summed E-state index contributed by atoms with van der Waals surface area (Å²) in [5, 5.41) is 2.03. The van der Waals surface area contributed by atoms with Crippen molar-refractivity contribution in [3.63, 3.8) is 0 Å². The zero-order valence-corrected chi connectivity index (χ0v) is 31.2. The Morgan fingerprint density at radius 1 is 0.309 bits per heavy atom. The van der Waals surface area contributed by atoms with Crippen LogP contribution in [0.15, 0.2) is 182 Å². The van der Waals surface area contributed by atoms with Gasteiger partial charge >= 0.3 is 0 Å². The normalized spacial score (nSPS) is 13.2. The van der Waals surface area contributed by atoms with Crippen LogP contribution in [0.2, 0.25) is 0 Å². The molecule has 0 amide bonds. The predicted octanol–water partition coefficient (Wildman–Crippen LogP) is 13.9. The van der Waals surface area contributed by atoms with Crippen LogP contribution in [-0.2, 0) is 5.41 Å². The minimum absolute atomic E-state index is 0.371. The van der Waals surface area contributed by atoms with Crippen molar-refractivity contribution in [2.45, 2.75) is 5.41 Å². The zero-order chi connectivity index (χ0) is 36.1. The molecule has 4 heteroatoms. The molecule has 0 saturated carbocycles. The molecule has 55 heavy (non-hydrogen) atoms. The zero-order valence-electron chi connectivity index (χ0n) is 29.5. The Labute approximate surface area is 326 Å². The summed E-state index contributed by atoms with van der Waals surface area (Å²) in [6, 6.07) is 66.9. The van der Waals surface area contributed by atoms with E-state index >= 15 is 0 Å². The highest BCUT2D eigenvalue weighted by Crippen LogP contribution is 2.63. The minimum Gasteiger partial charge on any atom is -0.236 e. The third kappa shape index (κ3) is 4.53. The first-order valence-corrected chi connectivity index (χ1v) is 20.3. The summed E-state index contributed by atoms with van der Waals surface area (Å²) in [5.41, 5.74) is 19.3. The molecule has 0 saturated heterocycles. The van der Waals surface area contributed by atoms with Crippen LogP contribution >= 0.6 is 22.7 Å². The monoisotopic (exact) mass is 734 g/mol. The van der Waals surface area contributed by atoms with Crippen LogP contribution in [0, 0.1) is 0 Å². The number of thiazole rings is 2. The molecule has 0 fully saturated rings. The Kier molecular flexibility index (Phi) is 6.62. The van der Waals surface area contributed by atoms with E-state index in [4.69, 9.17) is 9.97 Å². The van der Waals surface area contributed by atoms with E-state index in [0.29, 0.717) is 0 Å². The Hall–Kier alpha value is -6.46. The molecule has 8 aromatic carbocycles. The maximum absolute atomic E-state index is 5.08. The predicted molar refractivity (Wildman–Crippen MR) is 231 cm³/mol. The number of hydrogen-bond donors (Lipinski definition) is 0. The lowest BCUT2D eigenvalue weighted by Crippen LogP contribution is -2.25. The molecule has 0 radical (unpaired) electrons. The first-order chi connectivity index (χ1) is 27.2. The molecule has 2 nitrogen and oxygen atoms in total. The van der Waals surface area contributed by atoms with E-state index in [2.05, 4.69) is 182 Å². The van der Waals surface area contributed by atoms with Crippen molar-refractivity contribution in [1.82, 2.24) is 9.97 Å². The van der Waals surface area contributed by atoms with Crippen LogP contribution in [0.1, 0.15) is 22.3 Å². The maximum atomic E-state index is 5.08. The van der Waals surface area contributed by atoms with Gasteiger partial charge in [-0.1, -0.05) is 127 Å². The van der Waals surface area contributed by atoms with Crippen molar-refractivity contribution in [3.05, 3.63) is 204 Å². The maximum Gasteiger partial charge on any atom is 0.124 e. The molecule has 1 spiro atoms. The first-order valence-electron chi connectivity index (χ1n) is 18.6. The summed E-state index contributed by atoms with van der Waals surface area (Å²) < 4.78 is 2.38. The van der Waals surface area contributed by atoms with Crippen molar-refractivity contribution in [1.29, 1.82) is 0 Å². The van der Waals surface area contributed by atoms with Crippen molar-refractivity contribution in [2.24, 2.45) is 0 Å². The second-order valence-corrected chi connectivity index (χ2v) is 16.6. The van der Waals surface area contributed by atoms with Gasteiger partial charge in [0.1, 0.15) is 10.0 Å². The van der Waals surface area contributed by atoms with Gasteiger partial charge in [0.05, 0.1) is 25.8 Å². The fraction of sp³-hybridized carbons (Fsp3) is 0.0196. The van der Waals surface area contributed by atoms with Gasteiger partial charge in [0.15, 0.2) is 0 Å². The van der Waals surface area contributed by atoms with E-state index in [1.807, 2.05) is 0 Å². The molecule has 2 heterocycles. The van der Waals surface area contributed by atoms with Crippen LogP contribution in [0.4, 0.5) is 0 Å². The molecule has 12 rings (SSSR count). The second kappa shape index (κ2) is 11.8. The van der Waals surface area contributed by atoms with Crippen LogP contribution < -0.4 is 0 Å². The van der Waals surface area contributed by atoms with Crippen LogP contribution in [0.5, 0.6) is 0 Å². The molecule has 10 aromatic rings. The Bertz CT molecular complexity index is 2960. The van der Waals surface area contributed by atoms with Gasteiger partial charge < -0.3 is 0 Å². The van der Waals surface area contributed by atoms with Gasteiger partial charge in [-0.15, -0.1) is 22.7 Å². The number of fused-ring (bicyclic) bond motifs is 12. The van der Waals surface area contributed by atoms with E-state index in [9.17, 15) is 0 Å². The third-order valence-electron chi connectivity index (χ3n) is 11.5. The largest absolute Gasteiger partial charge is 0.236 e. The SMILES string of the molecule is c1cc(-c2cc(-c3nc4ccccc4s3)cc(-c3nc4ccccc4s3)c2)cc(-c2ccc3c(c2)C2(c4ccccc4-c4ccccc42)c2ccccc2-3)c1. The standard InChI is InChI=1S/C51H30N2S2/c1-4-17-41-37(14-1)38-15-2-5-18-42(38)51(41)43-19-6-3-16-39(43)40-25-24-33(30-44(40)51)31-12-11-13-32(26-31)34-27-35(49-52-45-20-7-9-22-47(45)54-49)29-36(28-34)50-53-46-21-8-10-23-48(46)55-50/h1-30H. The Morgan fingerprint density at radius 3 is 1.27 bits per heavy atom.